The molecule has 0 atom stereocenters. The maximum Gasteiger partial charge on any atom is 0.320 e. The summed E-state index contributed by atoms with van der Waals surface area (Å²) in [6.45, 7) is 0. The van der Waals surface area contributed by atoms with E-state index in [0.717, 1.165) is 19.3 Å². The van der Waals surface area contributed by atoms with Crippen LogP contribution in [0.2, 0.25) is 5.02 Å². The number of hydrogen-bond donors (Lipinski definition) is 4. The van der Waals surface area contributed by atoms with E-state index in [1.165, 1.54) is 0 Å². The summed E-state index contributed by atoms with van der Waals surface area (Å²) in [4.78, 5) is 12.1. The summed E-state index contributed by atoms with van der Waals surface area (Å²) in [6.07, 6.45) is 4.27. The summed E-state index contributed by atoms with van der Waals surface area (Å²) < 4.78 is 0. The Kier molecular flexibility index (Phi) is 4.90. The standard InChI is InChI=1S/C14H19ClN4O2/c15-10-4-6-11(7-5-10)17-13(20)18-14(12(16)19-21)8-2-1-3-9-14/h4-7,21H,1-3,8-9H2,(H2,16,19)(H2,17,18,20). The van der Waals surface area contributed by atoms with Gasteiger partial charge in [0, 0.05) is 10.7 Å². The fraction of sp³-hybridized carbons (Fsp3) is 0.429. The van der Waals surface area contributed by atoms with Crippen molar-refractivity contribution in [2.24, 2.45) is 10.9 Å². The van der Waals surface area contributed by atoms with E-state index in [0.29, 0.717) is 23.6 Å². The topological polar surface area (TPSA) is 99.7 Å². The van der Waals surface area contributed by atoms with Crippen LogP contribution < -0.4 is 16.4 Å². The number of amides is 2. The number of urea groups is 1. The first-order valence-electron chi connectivity index (χ1n) is 6.88. The number of rotatable bonds is 3. The Morgan fingerprint density at radius 3 is 2.43 bits per heavy atom. The van der Waals surface area contributed by atoms with Crippen LogP contribution in [-0.4, -0.2) is 22.6 Å². The van der Waals surface area contributed by atoms with E-state index in [2.05, 4.69) is 15.8 Å². The van der Waals surface area contributed by atoms with Crippen molar-refractivity contribution in [3.05, 3.63) is 29.3 Å². The minimum absolute atomic E-state index is 0.0495. The van der Waals surface area contributed by atoms with Gasteiger partial charge in [0.2, 0.25) is 0 Å². The Morgan fingerprint density at radius 2 is 1.86 bits per heavy atom. The van der Waals surface area contributed by atoms with Gasteiger partial charge in [0.05, 0.1) is 0 Å². The van der Waals surface area contributed by atoms with Crippen LogP contribution in [0.5, 0.6) is 0 Å². The lowest BCUT2D eigenvalue weighted by Crippen LogP contribution is -2.59. The van der Waals surface area contributed by atoms with Crippen molar-refractivity contribution in [2.45, 2.75) is 37.6 Å². The molecule has 0 aliphatic heterocycles. The van der Waals surface area contributed by atoms with Gasteiger partial charge in [-0.25, -0.2) is 4.79 Å². The van der Waals surface area contributed by atoms with Gasteiger partial charge in [-0.2, -0.15) is 0 Å². The molecule has 1 fully saturated rings. The van der Waals surface area contributed by atoms with Crippen LogP contribution in [0.1, 0.15) is 32.1 Å². The first-order chi connectivity index (χ1) is 10.1. The quantitative estimate of drug-likeness (QED) is 0.299. The van der Waals surface area contributed by atoms with Gasteiger partial charge in [-0.05, 0) is 37.1 Å². The average molecular weight is 311 g/mol. The van der Waals surface area contributed by atoms with E-state index in [-0.39, 0.29) is 11.9 Å². The third-order valence-electron chi connectivity index (χ3n) is 3.76. The number of carbonyl (C=O) groups is 1. The van der Waals surface area contributed by atoms with E-state index in [1.807, 2.05) is 0 Å². The summed E-state index contributed by atoms with van der Waals surface area (Å²) in [5.41, 5.74) is 5.64. The van der Waals surface area contributed by atoms with Crippen molar-refractivity contribution >= 4 is 29.2 Å². The summed E-state index contributed by atoms with van der Waals surface area (Å²) in [7, 11) is 0. The Hall–Kier alpha value is -1.95. The van der Waals surface area contributed by atoms with Gasteiger partial charge in [0.1, 0.15) is 5.54 Å². The molecular weight excluding hydrogens is 292 g/mol. The third-order valence-corrected chi connectivity index (χ3v) is 4.01. The first-order valence-corrected chi connectivity index (χ1v) is 7.26. The molecule has 0 unspecified atom stereocenters. The predicted molar refractivity (Wildman–Crippen MR) is 82.8 cm³/mol. The van der Waals surface area contributed by atoms with E-state index >= 15 is 0 Å². The highest BCUT2D eigenvalue weighted by Gasteiger charge is 2.38. The molecule has 0 bridgehead atoms. The average Bonchev–Trinajstić information content (AvgIpc) is 2.49. The second-order valence-electron chi connectivity index (χ2n) is 5.21. The molecule has 1 aliphatic rings. The highest BCUT2D eigenvalue weighted by atomic mass is 35.5. The van der Waals surface area contributed by atoms with Gasteiger partial charge in [0.15, 0.2) is 5.84 Å². The van der Waals surface area contributed by atoms with E-state index in [9.17, 15) is 4.79 Å². The molecule has 1 aliphatic carbocycles. The van der Waals surface area contributed by atoms with Crippen molar-refractivity contribution in [3.63, 3.8) is 0 Å². The number of carbonyl (C=O) groups excluding carboxylic acids is 1. The van der Waals surface area contributed by atoms with Gasteiger partial charge in [-0.3, -0.25) is 0 Å². The molecule has 2 amide bonds. The molecule has 5 N–H and O–H groups in total. The Bertz CT molecular complexity index is 524. The van der Waals surface area contributed by atoms with Crippen LogP contribution in [0.4, 0.5) is 10.5 Å². The second-order valence-corrected chi connectivity index (χ2v) is 5.65. The first kappa shape index (κ1) is 15.4. The second kappa shape index (κ2) is 6.67. The number of amidine groups is 1. The summed E-state index contributed by atoms with van der Waals surface area (Å²) in [6, 6.07) is 6.41. The van der Waals surface area contributed by atoms with E-state index in [4.69, 9.17) is 22.5 Å². The lowest BCUT2D eigenvalue weighted by molar-refractivity contribution is 0.233. The number of nitrogens with zero attached hydrogens (tertiary/aromatic N) is 1. The molecule has 21 heavy (non-hydrogen) atoms. The minimum Gasteiger partial charge on any atom is -0.409 e. The number of oxime groups is 1. The maximum atomic E-state index is 12.1. The van der Waals surface area contributed by atoms with Gasteiger partial charge < -0.3 is 21.6 Å². The van der Waals surface area contributed by atoms with Crippen LogP contribution in [0.25, 0.3) is 0 Å². The SMILES string of the molecule is N/C(=N/O)C1(NC(=O)Nc2ccc(Cl)cc2)CCCCC1. The van der Waals surface area contributed by atoms with Gasteiger partial charge in [-0.15, -0.1) is 0 Å². The molecular formula is C14H19ClN4O2. The highest BCUT2D eigenvalue weighted by Crippen LogP contribution is 2.28. The smallest absolute Gasteiger partial charge is 0.320 e. The number of benzene rings is 1. The van der Waals surface area contributed by atoms with Crippen molar-refractivity contribution in [2.75, 3.05) is 5.32 Å². The molecule has 1 aromatic rings. The monoisotopic (exact) mass is 310 g/mol. The van der Waals surface area contributed by atoms with Gasteiger partial charge in [-0.1, -0.05) is 36.0 Å². The molecule has 1 aromatic carbocycles. The lowest BCUT2D eigenvalue weighted by Gasteiger charge is -2.36. The Morgan fingerprint density at radius 1 is 1.24 bits per heavy atom. The maximum absolute atomic E-state index is 12.1. The number of halogens is 1. The number of nitrogens with two attached hydrogens (primary N) is 1. The van der Waals surface area contributed by atoms with Crippen molar-refractivity contribution in [3.8, 4) is 0 Å². The zero-order chi connectivity index (χ0) is 15.3. The number of anilines is 1. The van der Waals surface area contributed by atoms with Crippen LogP contribution in [0, 0.1) is 0 Å². The molecule has 7 heteroatoms. The van der Waals surface area contributed by atoms with Crippen LogP contribution in [0.15, 0.2) is 29.4 Å². The molecule has 2 rings (SSSR count). The summed E-state index contributed by atoms with van der Waals surface area (Å²) in [5.74, 6) is 0.0495. The number of nitrogens with one attached hydrogen (secondary N) is 2. The highest BCUT2D eigenvalue weighted by molar-refractivity contribution is 6.30. The molecule has 0 heterocycles. The zero-order valence-electron chi connectivity index (χ0n) is 11.6. The van der Waals surface area contributed by atoms with Gasteiger partial charge >= 0.3 is 6.03 Å². The zero-order valence-corrected chi connectivity index (χ0v) is 12.4. The van der Waals surface area contributed by atoms with Crippen LogP contribution in [0.3, 0.4) is 0 Å². The fourth-order valence-electron chi connectivity index (χ4n) is 2.61. The molecule has 1 saturated carbocycles. The van der Waals surface area contributed by atoms with Crippen molar-refractivity contribution in [1.29, 1.82) is 0 Å². The van der Waals surface area contributed by atoms with Crippen molar-refractivity contribution < 1.29 is 10.0 Å². The van der Waals surface area contributed by atoms with E-state index < -0.39 is 5.54 Å². The molecule has 0 aromatic heterocycles. The fourth-order valence-corrected chi connectivity index (χ4v) is 2.74. The number of hydrogen-bond acceptors (Lipinski definition) is 3. The third kappa shape index (κ3) is 3.78. The summed E-state index contributed by atoms with van der Waals surface area (Å²) >= 11 is 5.80. The van der Waals surface area contributed by atoms with E-state index in [1.54, 1.807) is 24.3 Å². The Balaban J connectivity index is 2.06. The minimum atomic E-state index is -0.774. The summed E-state index contributed by atoms with van der Waals surface area (Å²) in [5, 5.41) is 18.2. The Labute approximate surface area is 128 Å². The molecule has 6 nitrogen and oxygen atoms in total. The van der Waals surface area contributed by atoms with Crippen LogP contribution in [-0.2, 0) is 0 Å². The normalized spacial score (nSPS) is 18.0. The molecule has 0 saturated heterocycles. The molecule has 0 radical (unpaired) electrons. The predicted octanol–water partition coefficient (Wildman–Crippen LogP) is 2.91. The molecule has 114 valence electrons. The van der Waals surface area contributed by atoms with Gasteiger partial charge in [0.25, 0.3) is 0 Å². The lowest BCUT2D eigenvalue weighted by atomic mass is 9.81. The largest absolute Gasteiger partial charge is 0.409 e. The van der Waals surface area contributed by atoms with Crippen molar-refractivity contribution in [1.82, 2.24) is 5.32 Å². The molecule has 0 spiro atoms. The van der Waals surface area contributed by atoms with Crippen LogP contribution >= 0.6 is 11.6 Å².